The van der Waals surface area contributed by atoms with Gasteiger partial charge in [0.25, 0.3) is 0 Å². The Bertz CT molecular complexity index is 1120. The van der Waals surface area contributed by atoms with Crippen LogP contribution in [0, 0.1) is 0 Å². The van der Waals surface area contributed by atoms with Crippen molar-refractivity contribution in [3.63, 3.8) is 0 Å². The van der Waals surface area contributed by atoms with Crippen molar-refractivity contribution < 1.29 is 9.47 Å². The lowest BCUT2D eigenvalue weighted by Gasteiger charge is -2.21. The minimum absolute atomic E-state index is 0.226. The van der Waals surface area contributed by atoms with Gasteiger partial charge in [0.15, 0.2) is 15.5 Å². The first-order valence-corrected chi connectivity index (χ1v) is 11.9. The highest BCUT2D eigenvalue weighted by Gasteiger charge is 2.32. The van der Waals surface area contributed by atoms with Crippen molar-refractivity contribution in [2.24, 2.45) is 0 Å². The summed E-state index contributed by atoms with van der Waals surface area (Å²) >= 11 is 0. The topological polar surface area (TPSA) is 31.4 Å². The first-order chi connectivity index (χ1) is 15.5. The summed E-state index contributed by atoms with van der Waals surface area (Å²) in [6, 6.07) is 31.3. The molecule has 4 rings (SSSR count). The third-order valence-electron chi connectivity index (χ3n) is 4.68. The number of para-hydroxylation sites is 1. The molecule has 3 nitrogen and oxygen atoms in total. The number of ether oxygens (including phenoxy) is 2. The van der Waals surface area contributed by atoms with Crippen molar-refractivity contribution in [3.8, 4) is 11.5 Å². The maximum atomic E-state index is 6.29. The van der Waals surface area contributed by atoms with Gasteiger partial charge in [-0.1, -0.05) is 30.3 Å². The average Bonchev–Trinajstić information content (AvgIpc) is 2.80. The fraction of sp³-hybridized carbons (Fsp3) is 0.179. The molecule has 0 bridgehead atoms. The molecule has 0 aliphatic rings. The minimum Gasteiger partial charge on any atom is -0.488 e. The van der Waals surface area contributed by atoms with Crippen molar-refractivity contribution in [2.45, 2.75) is 47.7 Å². The van der Waals surface area contributed by atoms with Gasteiger partial charge in [-0.05, 0) is 87.0 Å². The van der Waals surface area contributed by atoms with E-state index in [2.05, 4.69) is 98.6 Å². The lowest BCUT2D eigenvalue weighted by Crippen LogP contribution is -2.22. The molecule has 4 aromatic rings. The Kier molecular flexibility index (Phi) is 6.81. The van der Waals surface area contributed by atoms with Crippen LogP contribution in [0.3, 0.4) is 0 Å². The molecule has 1 heterocycles. The number of benzene rings is 3. The van der Waals surface area contributed by atoms with Gasteiger partial charge in [0, 0.05) is 12.4 Å². The van der Waals surface area contributed by atoms with Crippen LogP contribution in [-0.4, -0.2) is 10.6 Å². The Morgan fingerprint density at radius 1 is 0.719 bits per heavy atom. The number of hydrogen-bond acceptors (Lipinski definition) is 3. The SMILES string of the molecule is CC(C)(C)Oc1ccc([S+](c2ccccc2)c2ccccc2OCc2ccncc2)cc1. The number of nitrogens with zero attached hydrogens (tertiary/aromatic N) is 1. The van der Waals surface area contributed by atoms with E-state index >= 15 is 0 Å². The fourth-order valence-electron chi connectivity index (χ4n) is 3.32. The number of aromatic nitrogens is 1. The van der Waals surface area contributed by atoms with Crippen LogP contribution >= 0.6 is 0 Å². The van der Waals surface area contributed by atoms with Gasteiger partial charge in [0.1, 0.15) is 28.9 Å². The fourth-order valence-corrected chi connectivity index (χ4v) is 5.48. The van der Waals surface area contributed by atoms with Crippen LogP contribution in [0.25, 0.3) is 0 Å². The van der Waals surface area contributed by atoms with E-state index in [9.17, 15) is 0 Å². The summed E-state index contributed by atoms with van der Waals surface area (Å²) in [6.07, 6.45) is 3.58. The Morgan fingerprint density at radius 2 is 1.34 bits per heavy atom. The summed E-state index contributed by atoms with van der Waals surface area (Å²) in [4.78, 5) is 7.72. The standard InChI is InChI=1S/C28H28NO2S/c1-28(2,3)31-23-13-15-25(16-14-23)32(24-9-5-4-6-10-24)27-12-8-7-11-26(27)30-21-22-17-19-29-20-18-22/h4-20H,21H2,1-3H3/q+1. The lowest BCUT2D eigenvalue weighted by atomic mass is 10.2. The Balaban J connectivity index is 1.69. The van der Waals surface area contributed by atoms with Crippen LogP contribution in [0.5, 0.6) is 11.5 Å². The van der Waals surface area contributed by atoms with Gasteiger partial charge in [0.2, 0.25) is 4.90 Å². The Labute approximate surface area is 193 Å². The molecule has 162 valence electrons. The van der Waals surface area contributed by atoms with E-state index in [4.69, 9.17) is 9.47 Å². The Hall–Kier alpha value is -3.24. The second-order valence-corrected chi connectivity index (χ2v) is 10.4. The van der Waals surface area contributed by atoms with Crippen molar-refractivity contribution >= 4 is 10.9 Å². The van der Waals surface area contributed by atoms with Crippen molar-refractivity contribution in [1.82, 2.24) is 4.98 Å². The molecule has 4 heteroatoms. The Morgan fingerprint density at radius 3 is 2.03 bits per heavy atom. The predicted octanol–water partition coefficient (Wildman–Crippen LogP) is 6.93. The molecule has 0 aliphatic heterocycles. The summed E-state index contributed by atoms with van der Waals surface area (Å²) < 4.78 is 12.3. The molecule has 1 atom stereocenters. The van der Waals surface area contributed by atoms with E-state index < -0.39 is 0 Å². The van der Waals surface area contributed by atoms with Crippen LogP contribution < -0.4 is 9.47 Å². The predicted molar refractivity (Wildman–Crippen MR) is 130 cm³/mol. The normalized spacial score (nSPS) is 12.2. The number of hydrogen-bond donors (Lipinski definition) is 0. The molecule has 0 radical (unpaired) electrons. The van der Waals surface area contributed by atoms with Gasteiger partial charge < -0.3 is 9.47 Å². The van der Waals surface area contributed by atoms with Crippen molar-refractivity contribution in [3.05, 3.63) is 109 Å². The first kappa shape index (κ1) is 22.0. The molecular formula is C28H28NO2S+. The van der Waals surface area contributed by atoms with Crippen LogP contribution in [-0.2, 0) is 17.5 Å². The zero-order valence-corrected chi connectivity index (χ0v) is 19.5. The van der Waals surface area contributed by atoms with Crippen molar-refractivity contribution in [1.29, 1.82) is 0 Å². The molecule has 32 heavy (non-hydrogen) atoms. The van der Waals surface area contributed by atoms with E-state index in [0.29, 0.717) is 6.61 Å². The first-order valence-electron chi connectivity index (χ1n) is 10.7. The molecule has 0 spiro atoms. The van der Waals surface area contributed by atoms with Gasteiger partial charge >= 0.3 is 0 Å². The second kappa shape index (κ2) is 9.92. The zero-order valence-electron chi connectivity index (χ0n) is 18.7. The minimum atomic E-state index is -0.308. The molecule has 1 aromatic heterocycles. The molecule has 0 fully saturated rings. The molecule has 0 saturated carbocycles. The number of pyridine rings is 1. The highest BCUT2D eigenvalue weighted by atomic mass is 32.2. The van der Waals surface area contributed by atoms with Crippen LogP contribution in [0.2, 0.25) is 0 Å². The molecular weight excluding hydrogens is 414 g/mol. The zero-order chi connectivity index (χ0) is 22.4. The van der Waals surface area contributed by atoms with Crippen LogP contribution in [0.15, 0.2) is 118 Å². The quantitative estimate of drug-likeness (QED) is 0.291. The monoisotopic (exact) mass is 442 g/mol. The van der Waals surface area contributed by atoms with Gasteiger partial charge in [-0.15, -0.1) is 0 Å². The van der Waals surface area contributed by atoms with Crippen molar-refractivity contribution in [2.75, 3.05) is 0 Å². The third-order valence-corrected chi connectivity index (χ3v) is 6.94. The van der Waals surface area contributed by atoms with E-state index in [1.165, 1.54) is 9.79 Å². The molecule has 1 unspecified atom stereocenters. The molecule has 3 aromatic carbocycles. The number of rotatable bonds is 7. The highest BCUT2D eigenvalue weighted by molar-refractivity contribution is 7.97. The van der Waals surface area contributed by atoms with Gasteiger partial charge in [-0.3, -0.25) is 4.98 Å². The maximum Gasteiger partial charge on any atom is 0.208 e. The summed E-state index contributed by atoms with van der Waals surface area (Å²) in [6.45, 7) is 6.69. The van der Waals surface area contributed by atoms with E-state index in [-0.39, 0.29) is 16.5 Å². The van der Waals surface area contributed by atoms with E-state index in [0.717, 1.165) is 22.0 Å². The maximum absolute atomic E-state index is 6.29. The van der Waals surface area contributed by atoms with Gasteiger partial charge in [0.05, 0.1) is 0 Å². The van der Waals surface area contributed by atoms with Gasteiger partial charge in [-0.25, -0.2) is 0 Å². The molecule has 0 N–H and O–H groups in total. The third kappa shape index (κ3) is 5.71. The second-order valence-electron chi connectivity index (χ2n) is 8.40. The summed E-state index contributed by atoms with van der Waals surface area (Å²) in [5, 5.41) is 0. The highest BCUT2D eigenvalue weighted by Crippen LogP contribution is 2.37. The smallest absolute Gasteiger partial charge is 0.208 e. The summed E-state index contributed by atoms with van der Waals surface area (Å²) in [5.41, 5.74) is 0.869. The average molecular weight is 443 g/mol. The summed E-state index contributed by atoms with van der Waals surface area (Å²) in [5.74, 6) is 1.77. The van der Waals surface area contributed by atoms with Gasteiger partial charge in [-0.2, -0.15) is 0 Å². The van der Waals surface area contributed by atoms with Crippen LogP contribution in [0.1, 0.15) is 26.3 Å². The van der Waals surface area contributed by atoms with Crippen LogP contribution in [0.4, 0.5) is 0 Å². The van der Waals surface area contributed by atoms with E-state index in [1.807, 2.05) is 18.2 Å². The molecule has 0 aliphatic carbocycles. The largest absolute Gasteiger partial charge is 0.488 e. The molecule has 0 saturated heterocycles. The van der Waals surface area contributed by atoms with E-state index in [1.54, 1.807) is 12.4 Å². The lowest BCUT2D eigenvalue weighted by molar-refractivity contribution is 0.131. The molecule has 0 amide bonds. The summed E-state index contributed by atoms with van der Waals surface area (Å²) in [7, 11) is -0.308.